The summed E-state index contributed by atoms with van der Waals surface area (Å²) in [5, 5.41) is 7.66. The van der Waals surface area contributed by atoms with Crippen molar-refractivity contribution in [2.24, 2.45) is 0 Å². The van der Waals surface area contributed by atoms with Crippen LogP contribution in [-0.4, -0.2) is 46.5 Å². The van der Waals surface area contributed by atoms with Crippen LogP contribution in [0, 0.1) is 5.82 Å². The lowest BCUT2D eigenvalue weighted by atomic mass is 10.00. The Kier molecular flexibility index (Phi) is 5.83. The van der Waals surface area contributed by atoms with Gasteiger partial charge in [0, 0.05) is 59.8 Å². The smallest absolute Gasteiger partial charge is 0.254 e. The molecule has 0 saturated carbocycles. The van der Waals surface area contributed by atoms with Crippen LogP contribution >= 0.6 is 11.3 Å². The van der Waals surface area contributed by atoms with Crippen molar-refractivity contribution in [2.45, 2.75) is 13.0 Å². The Morgan fingerprint density at radius 1 is 1.08 bits per heavy atom. The van der Waals surface area contributed by atoms with Gasteiger partial charge in [0.1, 0.15) is 5.82 Å². The molecule has 2 N–H and O–H groups in total. The Balaban J connectivity index is 1.29. The first-order valence-electron chi connectivity index (χ1n) is 11.9. The number of hydrogen-bond acceptors (Lipinski definition) is 6. The summed E-state index contributed by atoms with van der Waals surface area (Å²) in [7, 11) is 0. The van der Waals surface area contributed by atoms with Crippen LogP contribution in [-0.2, 0) is 0 Å². The minimum Gasteiger partial charge on any atom is -0.355 e. The van der Waals surface area contributed by atoms with Gasteiger partial charge in [-0.05, 0) is 55.0 Å². The largest absolute Gasteiger partial charge is 0.355 e. The highest BCUT2D eigenvalue weighted by Gasteiger charge is 2.24. The Morgan fingerprint density at radius 2 is 2.00 bits per heavy atom. The monoisotopic (exact) mass is 497 g/mol. The molecule has 6 nitrogen and oxygen atoms in total. The fourth-order valence-electron chi connectivity index (χ4n) is 4.71. The van der Waals surface area contributed by atoms with Gasteiger partial charge in [-0.1, -0.05) is 18.2 Å². The zero-order valence-corrected chi connectivity index (χ0v) is 20.5. The van der Waals surface area contributed by atoms with Gasteiger partial charge < -0.3 is 15.5 Å². The highest BCUT2D eigenvalue weighted by Crippen LogP contribution is 2.32. The highest BCUT2D eigenvalue weighted by atomic mass is 32.1. The number of fused-ring (bicyclic) bond motifs is 2. The molecule has 180 valence electrons. The van der Waals surface area contributed by atoms with Crippen molar-refractivity contribution in [2.75, 3.05) is 25.0 Å². The molecule has 1 fully saturated rings. The molecule has 36 heavy (non-hydrogen) atoms. The van der Waals surface area contributed by atoms with E-state index in [4.69, 9.17) is 0 Å². The van der Waals surface area contributed by atoms with E-state index in [1.807, 2.05) is 48.8 Å². The van der Waals surface area contributed by atoms with Gasteiger partial charge in [-0.15, -0.1) is 11.3 Å². The zero-order chi connectivity index (χ0) is 24.6. The number of benzene rings is 3. The van der Waals surface area contributed by atoms with Crippen LogP contribution in [0.1, 0.15) is 17.3 Å². The summed E-state index contributed by atoms with van der Waals surface area (Å²) in [5.74, 6) is -0.560. The Hall–Kier alpha value is -3.88. The Labute approximate surface area is 211 Å². The second-order valence-corrected chi connectivity index (χ2v) is 9.88. The summed E-state index contributed by atoms with van der Waals surface area (Å²) < 4.78 is 16.3. The fourth-order valence-corrected chi connectivity index (χ4v) is 5.37. The van der Waals surface area contributed by atoms with Gasteiger partial charge in [0.05, 0.1) is 21.2 Å². The first-order chi connectivity index (χ1) is 17.6. The minimum atomic E-state index is -0.422. The highest BCUT2D eigenvalue weighted by molar-refractivity contribution is 7.16. The number of rotatable bonds is 4. The second kappa shape index (κ2) is 9.29. The van der Waals surface area contributed by atoms with Crippen LogP contribution in [0.4, 0.5) is 15.8 Å². The molecule has 0 spiro atoms. The molecule has 8 heteroatoms. The molecule has 1 aliphatic rings. The summed E-state index contributed by atoms with van der Waals surface area (Å²) in [6, 6.07) is 18.5. The molecule has 3 heterocycles. The van der Waals surface area contributed by atoms with Crippen molar-refractivity contribution in [3.8, 4) is 11.1 Å². The molecule has 1 amide bonds. The van der Waals surface area contributed by atoms with E-state index in [1.165, 1.54) is 6.07 Å². The number of anilines is 2. The SMILES string of the molecule is C[C@@H]1CNCCN1C(=O)c1ccc(-c2ccc3c(Nc4ccc5scnc5c4)ccnc3c2)c(F)c1. The van der Waals surface area contributed by atoms with Gasteiger partial charge in [-0.3, -0.25) is 9.78 Å². The molecule has 3 aromatic carbocycles. The standard InChI is InChI=1S/C28H24FN5OS/c1-17-15-30-10-11-34(17)28(35)19-3-5-21(23(29)12-19)18-2-6-22-24(8-9-31-25(22)13-18)33-20-4-7-27-26(14-20)32-16-36-27/h2-9,12-14,16-17,30H,10-11,15H2,1H3,(H,31,33)/t17-/m1/s1. The number of halogens is 1. The van der Waals surface area contributed by atoms with Crippen molar-refractivity contribution in [3.05, 3.63) is 83.8 Å². The molecule has 2 aromatic heterocycles. The van der Waals surface area contributed by atoms with Gasteiger partial charge in [0.25, 0.3) is 5.91 Å². The van der Waals surface area contributed by atoms with E-state index >= 15 is 4.39 Å². The van der Waals surface area contributed by atoms with Crippen LogP contribution in [0.2, 0.25) is 0 Å². The van der Waals surface area contributed by atoms with E-state index < -0.39 is 5.82 Å². The summed E-state index contributed by atoms with van der Waals surface area (Å²) >= 11 is 1.61. The van der Waals surface area contributed by atoms with Crippen molar-refractivity contribution >= 4 is 49.7 Å². The molecule has 0 aliphatic carbocycles. The van der Waals surface area contributed by atoms with E-state index in [2.05, 4.69) is 26.7 Å². The lowest BCUT2D eigenvalue weighted by Gasteiger charge is -2.34. The fraction of sp³-hybridized carbons (Fsp3) is 0.179. The molecule has 5 aromatic rings. The van der Waals surface area contributed by atoms with E-state index in [1.54, 1.807) is 34.6 Å². The van der Waals surface area contributed by atoms with Gasteiger partial charge in [-0.2, -0.15) is 0 Å². The number of nitrogens with zero attached hydrogens (tertiary/aromatic N) is 3. The number of pyridine rings is 1. The normalized spacial score (nSPS) is 15.9. The van der Waals surface area contributed by atoms with Crippen molar-refractivity contribution in [1.29, 1.82) is 0 Å². The summed E-state index contributed by atoms with van der Waals surface area (Å²) in [6.07, 6.45) is 1.74. The van der Waals surface area contributed by atoms with E-state index in [9.17, 15) is 4.79 Å². The Morgan fingerprint density at radius 3 is 2.86 bits per heavy atom. The summed E-state index contributed by atoms with van der Waals surface area (Å²) in [4.78, 5) is 23.6. The maximum atomic E-state index is 15.2. The molecule has 1 aliphatic heterocycles. The number of piperazine rings is 1. The van der Waals surface area contributed by atoms with Crippen molar-refractivity contribution in [1.82, 2.24) is 20.2 Å². The summed E-state index contributed by atoms with van der Waals surface area (Å²) in [5.41, 5.74) is 6.91. The molecule has 0 bridgehead atoms. The average Bonchev–Trinajstić information content (AvgIpc) is 3.36. The van der Waals surface area contributed by atoms with Gasteiger partial charge >= 0.3 is 0 Å². The van der Waals surface area contributed by atoms with Crippen LogP contribution in [0.15, 0.2) is 72.4 Å². The van der Waals surface area contributed by atoms with Crippen molar-refractivity contribution < 1.29 is 9.18 Å². The van der Waals surface area contributed by atoms with E-state index in [0.717, 1.165) is 45.6 Å². The van der Waals surface area contributed by atoms with Crippen LogP contribution in [0.25, 0.3) is 32.2 Å². The Bertz CT molecular complexity index is 1600. The van der Waals surface area contributed by atoms with E-state index in [-0.39, 0.29) is 11.9 Å². The predicted octanol–water partition coefficient (Wildman–Crippen LogP) is 5.83. The van der Waals surface area contributed by atoms with Crippen LogP contribution in [0.5, 0.6) is 0 Å². The third kappa shape index (κ3) is 4.19. The molecular weight excluding hydrogens is 473 g/mol. The number of carbonyl (C=O) groups excluding carboxylic acids is 1. The second-order valence-electron chi connectivity index (χ2n) is 9.00. The van der Waals surface area contributed by atoms with E-state index in [0.29, 0.717) is 23.2 Å². The number of hydrogen-bond donors (Lipinski definition) is 2. The molecule has 6 rings (SSSR count). The third-order valence-electron chi connectivity index (χ3n) is 6.64. The maximum absolute atomic E-state index is 15.2. The number of nitrogens with one attached hydrogen (secondary N) is 2. The van der Waals surface area contributed by atoms with Gasteiger partial charge in [-0.25, -0.2) is 9.37 Å². The number of amides is 1. The molecule has 1 saturated heterocycles. The van der Waals surface area contributed by atoms with Crippen LogP contribution in [0.3, 0.4) is 0 Å². The lowest BCUT2D eigenvalue weighted by molar-refractivity contribution is 0.0655. The predicted molar refractivity (Wildman–Crippen MR) is 143 cm³/mol. The van der Waals surface area contributed by atoms with Gasteiger partial charge in [0.15, 0.2) is 0 Å². The zero-order valence-electron chi connectivity index (χ0n) is 19.7. The number of thiazole rings is 1. The molecule has 1 atom stereocenters. The first kappa shape index (κ1) is 22.6. The quantitative estimate of drug-likeness (QED) is 0.327. The third-order valence-corrected chi connectivity index (χ3v) is 7.45. The molecule has 0 radical (unpaired) electrons. The topological polar surface area (TPSA) is 70.2 Å². The maximum Gasteiger partial charge on any atom is 0.254 e. The first-order valence-corrected chi connectivity index (χ1v) is 12.8. The molecule has 0 unspecified atom stereocenters. The number of carbonyl (C=O) groups is 1. The van der Waals surface area contributed by atoms with Crippen LogP contribution < -0.4 is 10.6 Å². The van der Waals surface area contributed by atoms with Crippen molar-refractivity contribution in [3.63, 3.8) is 0 Å². The lowest BCUT2D eigenvalue weighted by Crippen LogP contribution is -2.52. The van der Waals surface area contributed by atoms with Gasteiger partial charge in [0.2, 0.25) is 0 Å². The molecular formula is C28H24FN5OS. The minimum absolute atomic E-state index is 0.0757. The summed E-state index contributed by atoms with van der Waals surface area (Å²) in [6.45, 7) is 4.11. The average molecular weight is 498 g/mol. The number of aromatic nitrogens is 2.